The fourth-order valence-corrected chi connectivity index (χ4v) is 2.49. The van der Waals surface area contributed by atoms with Gasteiger partial charge in [0, 0.05) is 13.1 Å². The summed E-state index contributed by atoms with van der Waals surface area (Å²) in [4.78, 5) is 2.21. The molecule has 0 amide bonds. The lowest BCUT2D eigenvalue weighted by molar-refractivity contribution is 0.371. The molecule has 2 heterocycles. The standard InChI is InChI=1S/C10H14ClN3O/c11-6-8-12-13-9(15-8)14-5-1-2-10(7-14)3-4-10/h1-7H2. The van der Waals surface area contributed by atoms with Gasteiger partial charge in [-0.1, -0.05) is 5.10 Å². The number of nitrogens with zero attached hydrogens (tertiary/aromatic N) is 3. The molecule has 0 bridgehead atoms. The number of alkyl halides is 1. The Hall–Kier alpha value is -0.770. The van der Waals surface area contributed by atoms with E-state index in [1.807, 2.05) is 0 Å². The van der Waals surface area contributed by atoms with E-state index in [-0.39, 0.29) is 0 Å². The van der Waals surface area contributed by atoms with Crippen molar-refractivity contribution >= 4 is 17.6 Å². The molecular formula is C10H14ClN3O. The number of anilines is 1. The molecule has 0 atom stereocenters. The lowest BCUT2D eigenvalue weighted by Gasteiger charge is -2.31. The number of hydrogen-bond donors (Lipinski definition) is 0. The molecule has 1 aromatic rings. The van der Waals surface area contributed by atoms with E-state index in [0.717, 1.165) is 13.1 Å². The number of aromatic nitrogens is 2. The molecule has 0 N–H and O–H groups in total. The van der Waals surface area contributed by atoms with Crippen LogP contribution in [-0.4, -0.2) is 23.3 Å². The van der Waals surface area contributed by atoms with Gasteiger partial charge in [-0.15, -0.1) is 16.7 Å². The van der Waals surface area contributed by atoms with Gasteiger partial charge >= 0.3 is 6.01 Å². The molecule has 5 heteroatoms. The highest BCUT2D eigenvalue weighted by Crippen LogP contribution is 2.52. The van der Waals surface area contributed by atoms with Gasteiger partial charge in [0.1, 0.15) is 5.88 Å². The predicted octanol–water partition coefficient (Wildman–Crippen LogP) is 2.19. The first kappa shape index (κ1) is 9.46. The van der Waals surface area contributed by atoms with Crippen molar-refractivity contribution in [3.63, 3.8) is 0 Å². The maximum atomic E-state index is 5.63. The van der Waals surface area contributed by atoms with Crippen LogP contribution in [0.15, 0.2) is 4.42 Å². The molecule has 0 radical (unpaired) electrons. The van der Waals surface area contributed by atoms with Crippen LogP contribution < -0.4 is 4.90 Å². The second-order valence-electron chi connectivity index (χ2n) is 4.64. The van der Waals surface area contributed by atoms with Crippen LogP contribution in [0.2, 0.25) is 0 Å². The third kappa shape index (κ3) is 1.71. The quantitative estimate of drug-likeness (QED) is 0.727. The molecule has 2 aliphatic rings. The van der Waals surface area contributed by atoms with Crippen LogP contribution in [0, 0.1) is 5.41 Å². The summed E-state index contributed by atoms with van der Waals surface area (Å²) in [6, 6.07) is 0.650. The molecule has 4 nitrogen and oxygen atoms in total. The Bertz CT molecular complexity index is 361. The summed E-state index contributed by atoms with van der Waals surface area (Å²) < 4.78 is 5.47. The zero-order valence-corrected chi connectivity index (χ0v) is 9.33. The van der Waals surface area contributed by atoms with Crippen LogP contribution in [0.4, 0.5) is 6.01 Å². The number of hydrogen-bond acceptors (Lipinski definition) is 4. The molecule has 15 heavy (non-hydrogen) atoms. The van der Waals surface area contributed by atoms with Crippen molar-refractivity contribution in [2.45, 2.75) is 31.6 Å². The van der Waals surface area contributed by atoms with E-state index in [1.54, 1.807) is 0 Å². The minimum Gasteiger partial charge on any atom is -0.407 e. The van der Waals surface area contributed by atoms with Crippen LogP contribution in [0.5, 0.6) is 0 Å². The van der Waals surface area contributed by atoms with Gasteiger partial charge in [-0.2, -0.15) is 0 Å². The maximum Gasteiger partial charge on any atom is 0.318 e. The Morgan fingerprint density at radius 2 is 2.20 bits per heavy atom. The minimum atomic E-state index is 0.298. The van der Waals surface area contributed by atoms with Crippen molar-refractivity contribution in [1.29, 1.82) is 0 Å². The predicted molar refractivity (Wildman–Crippen MR) is 57.0 cm³/mol. The molecule has 1 aliphatic heterocycles. The summed E-state index contributed by atoms with van der Waals surface area (Å²) in [5, 5.41) is 7.92. The summed E-state index contributed by atoms with van der Waals surface area (Å²) in [5.41, 5.74) is 0.577. The van der Waals surface area contributed by atoms with Crippen LogP contribution >= 0.6 is 11.6 Å². The molecule has 0 aromatic carbocycles. The highest BCUT2D eigenvalue weighted by molar-refractivity contribution is 6.16. The smallest absolute Gasteiger partial charge is 0.318 e. The van der Waals surface area contributed by atoms with Crippen molar-refractivity contribution in [2.75, 3.05) is 18.0 Å². The van der Waals surface area contributed by atoms with E-state index in [9.17, 15) is 0 Å². The highest BCUT2D eigenvalue weighted by Gasteiger charge is 2.46. The van der Waals surface area contributed by atoms with E-state index in [4.69, 9.17) is 16.0 Å². The summed E-state index contributed by atoms with van der Waals surface area (Å²) in [5.74, 6) is 0.813. The molecule has 82 valence electrons. The molecule has 1 aliphatic carbocycles. The van der Waals surface area contributed by atoms with Gasteiger partial charge in [-0.3, -0.25) is 0 Å². The zero-order valence-electron chi connectivity index (χ0n) is 8.58. The second kappa shape index (κ2) is 3.37. The first-order chi connectivity index (χ1) is 7.31. The molecule has 1 saturated heterocycles. The molecule has 3 rings (SSSR count). The highest BCUT2D eigenvalue weighted by atomic mass is 35.5. The molecule has 2 fully saturated rings. The van der Waals surface area contributed by atoms with Gasteiger partial charge in [0.2, 0.25) is 5.89 Å². The molecule has 1 spiro atoms. The van der Waals surface area contributed by atoms with Crippen molar-refractivity contribution in [3.05, 3.63) is 5.89 Å². The zero-order chi connectivity index (χ0) is 10.3. The van der Waals surface area contributed by atoms with Crippen LogP contribution in [0.25, 0.3) is 0 Å². The normalized spacial score (nSPS) is 23.4. The molecule has 1 saturated carbocycles. The van der Waals surface area contributed by atoms with Crippen molar-refractivity contribution in [1.82, 2.24) is 10.2 Å². The van der Waals surface area contributed by atoms with Gasteiger partial charge in [0.15, 0.2) is 0 Å². The summed E-state index contributed by atoms with van der Waals surface area (Å²) in [7, 11) is 0. The monoisotopic (exact) mass is 227 g/mol. The SMILES string of the molecule is ClCc1nnc(N2CCCC3(CC3)C2)o1. The van der Waals surface area contributed by atoms with Gasteiger partial charge in [-0.25, -0.2) is 0 Å². The Balaban J connectivity index is 1.75. The van der Waals surface area contributed by atoms with E-state index < -0.39 is 0 Å². The van der Waals surface area contributed by atoms with Crippen LogP contribution in [0.3, 0.4) is 0 Å². The molecule has 1 aromatic heterocycles. The third-order valence-electron chi connectivity index (χ3n) is 3.46. The molecular weight excluding hydrogens is 214 g/mol. The summed E-state index contributed by atoms with van der Waals surface area (Å²) in [6.45, 7) is 2.11. The second-order valence-corrected chi connectivity index (χ2v) is 4.90. The minimum absolute atomic E-state index is 0.298. The number of rotatable bonds is 2. The van der Waals surface area contributed by atoms with E-state index in [2.05, 4.69) is 15.1 Å². The van der Waals surface area contributed by atoms with Crippen molar-refractivity contribution in [2.24, 2.45) is 5.41 Å². The van der Waals surface area contributed by atoms with Gasteiger partial charge in [0.05, 0.1) is 0 Å². The van der Waals surface area contributed by atoms with E-state index >= 15 is 0 Å². The average molecular weight is 228 g/mol. The Morgan fingerprint density at radius 3 is 2.87 bits per heavy atom. The number of halogens is 1. The third-order valence-corrected chi connectivity index (χ3v) is 3.69. The van der Waals surface area contributed by atoms with Crippen molar-refractivity contribution < 1.29 is 4.42 Å². The lowest BCUT2D eigenvalue weighted by atomic mass is 9.95. The van der Waals surface area contributed by atoms with Crippen molar-refractivity contribution in [3.8, 4) is 0 Å². The first-order valence-corrected chi connectivity index (χ1v) is 5.98. The maximum absolute atomic E-state index is 5.63. The van der Waals surface area contributed by atoms with E-state index in [1.165, 1.54) is 25.7 Å². The summed E-state index contributed by atoms with van der Waals surface area (Å²) in [6.07, 6.45) is 5.32. The fraction of sp³-hybridized carbons (Fsp3) is 0.800. The van der Waals surface area contributed by atoms with Gasteiger partial charge in [0.25, 0.3) is 0 Å². The summed E-state index contributed by atoms with van der Waals surface area (Å²) >= 11 is 5.63. The largest absolute Gasteiger partial charge is 0.407 e. The average Bonchev–Trinajstić information content (AvgIpc) is 2.86. The van der Waals surface area contributed by atoms with Crippen LogP contribution in [0.1, 0.15) is 31.6 Å². The fourth-order valence-electron chi connectivity index (χ4n) is 2.38. The Labute approximate surface area is 93.6 Å². The van der Waals surface area contributed by atoms with Gasteiger partial charge in [-0.05, 0) is 31.1 Å². The Kier molecular flexibility index (Phi) is 2.12. The first-order valence-electron chi connectivity index (χ1n) is 5.45. The van der Waals surface area contributed by atoms with Gasteiger partial charge < -0.3 is 9.32 Å². The topological polar surface area (TPSA) is 42.2 Å². The van der Waals surface area contributed by atoms with Crippen LogP contribution in [-0.2, 0) is 5.88 Å². The Morgan fingerprint density at radius 1 is 1.33 bits per heavy atom. The van der Waals surface area contributed by atoms with E-state index in [0.29, 0.717) is 23.2 Å². The number of piperidine rings is 1. The molecule has 0 unspecified atom stereocenters. The lowest BCUT2D eigenvalue weighted by Crippen LogP contribution is -2.36.